The third-order valence-corrected chi connectivity index (χ3v) is 0.881. The molecule has 0 spiro atoms. The van der Waals surface area contributed by atoms with Crippen LogP contribution in [0, 0.1) is 7.05 Å². The molecule has 0 amide bonds. The van der Waals surface area contributed by atoms with E-state index in [1.807, 2.05) is 0 Å². The molecule has 1 aliphatic rings. The number of rotatable bonds is 0. The fourth-order valence-electron chi connectivity index (χ4n) is 0.384. The van der Waals surface area contributed by atoms with Gasteiger partial charge >= 0.3 is 0 Å². The molecule has 8 heavy (non-hydrogen) atoms. The average molecular weight is 109 g/mol. The first-order valence-electron chi connectivity index (χ1n) is 2.24. The van der Waals surface area contributed by atoms with Crippen molar-refractivity contribution in [3.05, 3.63) is 19.4 Å². The predicted molar refractivity (Wildman–Crippen MR) is 32.4 cm³/mol. The summed E-state index contributed by atoms with van der Waals surface area (Å²) in [6, 6.07) is 0. The lowest BCUT2D eigenvalue weighted by Gasteiger charge is -2.13. The minimum atomic E-state index is 0.694. The molecule has 0 fully saturated rings. The van der Waals surface area contributed by atoms with Crippen LogP contribution in [-0.2, 0) is 0 Å². The van der Waals surface area contributed by atoms with Gasteiger partial charge < -0.3 is 4.90 Å². The number of aliphatic imine (C=N–C) groups is 2. The summed E-state index contributed by atoms with van der Waals surface area (Å²) in [7, 11) is 3.63. The van der Waals surface area contributed by atoms with Crippen molar-refractivity contribution in [2.75, 3.05) is 0 Å². The number of hydrogen-bond donors (Lipinski definition) is 1. The Morgan fingerprint density at radius 3 is 2.88 bits per heavy atom. The third-order valence-electron chi connectivity index (χ3n) is 0.881. The van der Waals surface area contributed by atoms with Gasteiger partial charge in [0.15, 0.2) is 12.2 Å². The molecule has 3 nitrogen and oxygen atoms in total. The van der Waals surface area contributed by atoms with Crippen LogP contribution < -0.4 is 4.90 Å². The van der Waals surface area contributed by atoms with Crippen molar-refractivity contribution in [2.24, 2.45) is 9.98 Å². The van der Waals surface area contributed by atoms with Gasteiger partial charge in [0.25, 0.3) is 0 Å². The Morgan fingerprint density at radius 2 is 2.50 bits per heavy atom. The zero-order valence-corrected chi connectivity index (χ0v) is 4.46. The fraction of sp³-hybridized carbons (Fsp3) is 0. The van der Waals surface area contributed by atoms with E-state index in [-0.39, 0.29) is 0 Å². The lowest BCUT2D eigenvalue weighted by atomic mass is 10.7. The highest BCUT2D eigenvalue weighted by Crippen LogP contribution is 1.78. The van der Waals surface area contributed by atoms with E-state index in [0.717, 1.165) is 4.90 Å². The molecule has 0 radical (unpaired) electrons. The van der Waals surface area contributed by atoms with E-state index < -0.39 is 0 Å². The van der Waals surface area contributed by atoms with Crippen LogP contribution in [0.5, 0.6) is 0 Å². The maximum Gasteiger partial charge on any atom is 0.199 e. The maximum atomic E-state index is 3.79. The smallest absolute Gasteiger partial charge is 0.199 e. The maximum absolute atomic E-state index is 3.79. The van der Waals surface area contributed by atoms with Gasteiger partial charge in [-0.15, -0.1) is 7.05 Å². The van der Waals surface area contributed by atoms with Crippen LogP contribution >= 0.6 is 0 Å². The molecule has 3 heteroatoms. The number of nitrogens with one attached hydrogen (secondary N) is 1. The van der Waals surface area contributed by atoms with Crippen LogP contribution in [0.4, 0.5) is 0 Å². The molecule has 0 aromatic rings. The minimum Gasteiger partial charge on any atom is -0.376 e. The number of nitrogens with zero attached hydrogens (tertiary/aromatic N) is 2. The summed E-state index contributed by atoms with van der Waals surface area (Å²) in [4.78, 5) is 8.31. The van der Waals surface area contributed by atoms with Crippen LogP contribution in [0.3, 0.4) is 0 Å². The van der Waals surface area contributed by atoms with Gasteiger partial charge in [-0.25, -0.2) is 0 Å². The Kier molecular flexibility index (Phi) is 1.22. The standard InChI is InChI=1S/C5H7N3/c1-5-7-3-6-4-8(5)2/h3-4,8H,1-2H2. The molecule has 1 rings (SSSR count). The van der Waals surface area contributed by atoms with Gasteiger partial charge in [-0.1, -0.05) is 0 Å². The predicted octanol–water partition coefficient (Wildman–Crippen LogP) is -0.796. The van der Waals surface area contributed by atoms with Crippen molar-refractivity contribution in [3.63, 3.8) is 0 Å². The Morgan fingerprint density at radius 1 is 1.75 bits per heavy atom. The van der Waals surface area contributed by atoms with Gasteiger partial charge in [0.2, 0.25) is 0 Å². The quantitative estimate of drug-likeness (QED) is 0.395. The number of quaternary nitrogens is 1. The van der Waals surface area contributed by atoms with Crippen molar-refractivity contribution in [1.82, 2.24) is 0 Å². The summed E-state index contributed by atoms with van der Waals surface area (Å²) in [5.74, 6) is 0.694. The van der Waals surface area contributed by atoms with Crippen molar-refractivity contribution >= 4 is 12.7 Å². The first-order valence-corrected chi connectivity index (χ1v) is 2.24. The van der Waals surface area contributed by atoms with E-state index in [4.69, 9.17) is 0 Å². The van der Waals surface area contributed by atoms with Gasteiger partial charge in [-0.05, 0) is 6.58 Å². The summed E-state index contributed by atoms with van der Waals surface area (Å²) >= 11 is 0. The highest BCUT2D eigenvalue weighted by Gasteiger charge is 1.97. The molecule has 0 aliphatic carbocycles. The second-order valence-electron chi connectivity index (χ2n) is 1.49. The number of hydrogen-bond acceptors (Lipinski definition) is 2. The van der Waals surface area contributed by atoms with Crippen LogP contribution in [-0.4, -0.2) is 12.7 Å². The molecule has 1 unspecified atom stereocenters. The van der Waals surface area contributed by atoms with Crippen LogP contribution in [0.1, 0.15) is 0 Å². The Hall–Kier alpha value is -0.960. The SMILES string of the molecule is C=C1N=CN=C[NH+]1[CH2-]. The summed E-state index contributed by atoms with van der Waals surface area (Å²) < 4.78 is 0. The normalized spacial score (nSPS) is 26.6. The van der Waals surface area contributed by atoms with E-state index in [2.05, 4.69) is 23.6 Å². The summed E-state index contributed by atoms with van der Waals surface area (Å²) in [5.41, 5.74) is 0. The van der Waals surface area contributed by atoms with Gasteiger partial charge in [0, 0.05) is 0 Å². The molecule has 0 bridgehead atoms. The molecule has 0 aromatic carbocycles. The largest absolute Gasteiger partial charge is 0.376 e. The molecule has 42 valence electrons. The average Bonchev–Trinajstić information content (AvgIpc) is 1.77. The van der Waals surface area contributed by atoms with Gasteiger partial charge in [0.1, 0.15) is 6.34 Å². The third kappa shape index (κ3) is 0.816. The second-order valence-corrected chi connectivity index (χ2v) is 1.49. The molecular weight excluding hydrogens is 102 g/mol. The fourth-order valence-corrected chi connectivity index (χ4v) is 0.384. The molecule has 1 heterocycles. The van der Waals surface area contributed by atoms with E-state index in [1.165, 1.54) is 6.34 Å². The second kappa shape index (κ2) is 1.88. The van der Waals surface area contributed by atoms with Crippen LogP contribution in [0.2, 0.25) is 0 Å². The van der Waals surface area contributed by atoms with E-state index >= 15 is 0 Å². The Balaban J connectivity index is 2.74. The first-order chi connectivity index (χ1) is 3.80. The summed E-state index contributed by atoms with van der Waals surface area (Å²) in [5, 5.41) is 0. The first kappa shape index (κ1) is 5.18. The van der Waals surface area contributed by atoms with Crippen LogP contribution in [0.15, 0.2) is 22.4 Å². The van der Waals surface area contributed by atoms with E-state index in [9.17, 15) is 0 Å². The molecule has 1 N–H and O–H groups in total. The van der Waals surface area contributed by atoms with E-state index in [1.54, 1.807) is 6.34 Å². The highest BCUT2D eigenvalue weighted by atomic mass is 15.2. The topological polar surface area (TPSA) is 29.2 Å². The zero-order chi connectivity index (χ0) is 5.98. The van der Waals surface area contributed by atoms with Crippen LogP contribution in [0.25, 0.3) is 0 Å². The molecule has 0 saturated carbocycles. The van der Waals surface area contributed by atoms with Gasteiger partial charge in [-0.2, -0.15) is 9.98 Å². The molecule has 1 aliphatic heterocycles. The van der Waals surface area contributed by atoms with Gasteiger partial charge in [0.05, 0.1) is 0 Å². The van der Waals surface area contributed by atoms with E-state index in [0.29, 0.717) is 5.82 Å². The summed E-state index contributed by atoms with van der Waals surface area (Å²) in [6.45, 7) is 3.61. The monoisotopic (exact) mass is 109 g/mol. The van der Waals surface area contributed by atoms with Gasteiger partial charge in [-0.3, -0.25) is 0 Å². The lowest BCUT2D eigenvalue weighted by molar-refractivity contribution is -0.700. The van der Waals surface area contributed by atoms with Crippen molar-refractivity contribution in [3.8, 4) is 0 Å². The summed E-state index contributed by atoms with van der Waals surface area (Å²) in [6.07, 6.45) is 3.09. The highest BCUT2D eigenvalue weighted by molar-refractivity contribution is 5.69. The minimum absolute atomic E-state index is 0.694. The molecule has 1 atom stereocenters. The zero-order valence-electron chi connectivity index (χ0n) is 4.46. The Labute approximate surface area is 48.1 Å². The Bertz CT molecular complexity index is 157. The molecular formula is C5H7N3. The van der Waals surface area contributed by atoms with Crippen molar-refractivity contribution in [2.45, 2.75) is 0 Å². The van der Waals surface area contributed by atoms with Crippen molar-refractivity contribution < 1.29 is 4.90 Å². The van der Waals surface area contributed by atoms with Crippen molar-refractivity contribution in [1.29, 1.82) is 0 Å². The lowest BCUT2D eigenvalue weighted by Crippen LogP contribution is -3.03. The molecule has 0 saturated heterocycles. The molecule has 0 aromatic heterocycles.